The molecule has 2 atom stereocenters. The molecule has 0 bridgehead atoms. The highest BCUT2D eigenvalue weighted by molar-refractivity contribution is 5.83. The Bertz CT molecular complexity index is 405. The van der Waals surface area contributed by atoms with Crippen molar-refractivity contribution in [2.75, 3.05) is 0 Å². The van der Waals surface area contributed by atoms with E-state index in [4.69, 9.17) is 15.2 Å². The second-order valence-electron chi connectivity index (χ2n) is 3.81. The Balaban J connectivity index is 2.61. The molecular formula is C13H17NO4. The lowest BCUT2D eigenvalue weighted by Gasteiger charge is -2.18. The fraction of sp³-hybridized carbons (Fsp3) is 0.385. The Morgan fingerprint density at radius 1 is 1.28 bits per heavy atom. The molecule has 0 aromatic heterocycles. The monoisotopic (exact) mass is 251 g/mol. The number of para-hydroxylation sites is 1. The molecule has 1 aromatic carbocycles. The van der Waals surface area contributed by atoms with Crippen molar-refractivity contribution in [1.82, 2.24) is 0 Å². The number of esters is 1. The third-order valence-corrected chi connectivity index (χ3v) is 2.35. The zero-order valence-corrected chi connectivity index (χ0v) is 10.5. The van der Waals surface area contributed by atoms with E-state index in [1.54, 1.807) is 31.2 Å². The minimum atomic E-state index is -0.953. The summed E-state index contributed by atoms with van der Waals surface area (Å²) in [5.41, 5.74) is 5.02. The molecule has 0 aliphatic heterocycles. The Morgan fingerprint density at radius 3 is 2.39 bits per heavy atom. The van der Waals surface area contributed by atoms with Gasteiger partial charge in [0.05, 0.1) is 0 Å². The van der Waals surface area contributed by atoms with Gasteiger partial charge >= 0.3 is 5.97 Å². The van der Waals surface area contributed by atoms with Crippen LogP contribution in [0.1, 0.15) is 20.3 Å². The van der Waals surface area contributed by atoms with Gasteiger partial charge in [0.1, 0.15) is 5.75 Å². The number of ether oxygens (including phenoxy) is 2. The maximum absolute atomic E-state index is 11.7. The molecule has 0 radical (unpaired) electrons. The number of carbonyl (C=O) groups is 2. The van der Waals surface area contributed by atoms with Gasteiger partial charge in [-0.1, -0.05) is 25.1 Å². The first-order chi connectivity index (χ1) is 8.54. The summed E-state index contributed by atoms with van der Waals surface area (Å²) in [6, 6.07) is 8.95. The Hall–Kier alpha value is -2.04. The van der Waals surface area contributed by atoms with E-state index in [9.17, 15) is 9.59 Å². The first kappa shape index (κ1) is 14.0. The van der Waals surface area contributed by atoms with E-state index >= 15 is 0 Å². The highest BCUT2D eigenvalue weighted by Crippen LogP contribution is 2.13. The first-order valence-electron chi connectivity index (χ1n) is 5.76. The molecule has 1 amide bonds. The number of hydrogen-bond acceptors (Lipinski definition) is 4. The third kappa shape index (κ3) is 4.08. The number of rotatable bonds is 6. The van der Waals surface area contributed by atoms with E-state index in [0.717, 1.165) is 0 Å². The largest absolute Gasteiger partial charge is 0.479 e. The normalized spacial score (nSPS) is 13.4. The zero-order valence-electron chi connectivity index (χ0n) is 10.5. The lowest BCUT2D eigenvalue weighted by Crippen LogP contribution is -2.36. The molecule has 0 aliphatic rings. The summed E-state index contributed by atoms with van der Waals surface area (Å²) in [6.45, 7) is 3.22. The summed E-state index contributed by atoms with van der Waals surface area (Å²) in [4.78, 5) is 22.5. The van der Waals surface area contributed by atoms with Crippen LogP contribution in [0.4, 0.5) is 0 Å². The summed E-state index contributed by atoms with van der Waals surface area (Å²) in [7, 11) is 0. The van der Waals surface area contributed by atoms with Gasteiger partial charge in [-0.2, -0.15) is 0 Å². The average molecular weight is 251 g/mol. The molecule has 1 aromatic rings. The standard InChI is InChI=1S/C13H17NO4/c1-3-11(13(16)17-9(2)12(14)15)18-10-7-5-4-6-8-10/h4-9,11H,3H2,1-2H3,(H2,14,15)/t9-,11+/m1/s1. The predicted molar refractivity (Wildman–Crippen MR) is 65.9 cm³/mol. The summed E-state index contributed by atoms with van der Waals surface area (Å²) >= 11 is 0. The Kier molecular flexibility index (Phi) is 5.17. The smallest absolute Gasteiger partial charge is 0.348 e. The van der Waals surface area contributed by atoms with Gasteiger partial charge in [0.15, 0.2) is 12.2 Å². The quantitative estimate of drug-likeness (QED) is 0.772. The van der Waals surface area contributed by atoms with E-state index in [-0.39, 0.29) is 0 Å². The number of nitrogens with two attached hydrogens (primary N) is 1. The molecule has 0 fully saturated rings. The van der Waals surface area contributed by atoms with Crippen LogP contribution in [-0.4, -0.2) is 24.1 Å². The van der Waals surface area contributed by atoms with E-state index < -0.39 is 24.1 Å². The van der Waals surface area contributed by atoms with Crippen LogP contribution in [0.5, 0.6) is 5.75 Å². The van der Waals surface area contributed by atoms with Crippen LogP contribution in [0.3, 0.4) is 0 Å². The van der Waals surface area contributed by atoms with Crippen LogP contribution < -0.4 is 10.5 Å². The molecule has 0 spiro atoms. The van der Waals surface area contributed by atoms with Crippen molar-refractivity contribution in [1.29, 1.82) is 0 Å². The van der Waals surface area contributed by atoms with Gasteiger partial charge in [-0.3, -0.25) is 4.79 Å². The van der Waals surface area contributed by atoms with Crippen LogP contribution >= 0.6 is 0 Å². The minimum absolute atomic E-state index is 0.444. The summed E-state index contributed by atoms with van der Waals surface area (Å²) in [5, 5.41) is 0. The molecule has 2 N–H and O–H groups in total. The molecule has 0 aliphatic carbocycles. The van der Waals surface area contributed by atoms with Gasteiger partial charge in [-0.25, -0.2) is 4.79 Å². The highest BCUT2D eigenvalue weighted by atomic mass is 16.6. The predicted octanol–water partition coefficient (Wildman–Crippen LogP) is 1.26. The van der Waals surface area contributed by atoms with Crippen molar-refractivity contribution in [2.45, 2.75) is 32.5 Å². The summed E-state index contributed by atoms with van der Waals surface area (Å²) in [6.07, 6.45) is -1.25. The van der Waals surface area contributed by atoms with E-state index in [1.807, 2.05) is 6.07 Å². The van der Waals surface area contributed by atoms with Crippen molar-refractivity contribution in [3.05, 3.63) is 30.3 Å². The van der Waals surface area contributed by atoms with Gasteiger partial charge in [-0.15, -0.1) is 0 Å². The van der Waals surface area contributed by atoms with Crippen molar-refractivity contribution in [3.63, 3.8) is 0 Å². The molecule has 1 rings (SSSR count). The molecule has 0 unspecified atom stereocenters. The van der Waals surface area contributed by atoms with Gasteiger partial charge < -0.3 is 15.2 Å². The lowest BCUT2D eigenvalue weighted by atomic mass is 10.2. The molecule has 98 valence electrons. The molecule has 0 saturated carbocycles. The van der Waals surface area contributed by atoms with E-state index in [0.29, 0.717) is 12.2 Å². The summed E-state index contributed by atoms with van der Waals surface area (Å²) in [5.74, 6) is -0.696. The van der Waals surface area contributed by atoms with Gasteiger partial charge in [-0.05, 0) is 25.5 Å². The van der Waals surface area contributed by atoms with Crippen molar-refractivity contribution < 1.29 is 19.1 Å². The molecule has 5 heteroatoms. The number of amides is 1. The molecule has 0 saturated heterocycles. The highest BCUT2D eigenvalue weighted by Gasteiger charge is 2.24. The average Bonchev–Trinajstić information content (AvgIpc) is 2.36. The van der Waals surface area contributed by atoms with Gasteiger partial charge in [0.2, 0.25) is 0 Å². The fourth-order valence-electron chi connectivity index (χ4n) is 1.27. The number of hydrogen-bond donors (Lipinski definition) is 1. The Morgan fingerprint density at radius 2 is 1.89 bits per heavy atom. The maximum Gasteiger partial charge on any atom is 0.348 e. The number of carbonyl (C=O) groups excluding carboxylic acids is 2. The molecule has 18 heavy (non-hydrogen) atoms. The van der Waals surface area contributed by atoms with Crippen LogP contribution in [0, 0.1) is 0 Å². The third-order valence-electron chi connectivity index (χ3n) is 2.35. The lowest BCUT2D eigenvalue weighted by molar-refractivity contribution is -0.160. The maximum atomic E-state index is 11.7. The topological polar surface area (TPSA) is 78.6 Å². The fourth-order valence-corrected chi connectivity index (χ4v) is 1.27. The van der Waals surface area contributed by atoms with Gasteiger partial charge in [0, 0.05) is 0 Å². The van der Waals surface area contributed by atoms with Crippen LogP contribution in [-0.2, 0) is 14.3 Å². The second-order valence-corrected chi connectivity index (χ2v) is 3.81. The molecule has 0 heterocycles. The molecule has 5 nitrogen and oxygen atoms in total. The first-order valence-corrected chi connectivity index (χ1v) is 5.76. The minimum Gasteiger partial charge on any atom is -0.479 e. The van der Waals surface area contributed by atoms with E-state index in [1.165, 1.54) is 6.92 Å². The second kappa shape index (κ2) is 6.64. The molecular weight excluding hydrogens is 234 g/mol. The van der Waals surface area contributed by atoms with Crippen molar-refractivity contribution in [2.24, 2.45) is 5.73 Å². The Labute approximate surface area is 106 Å². The van der Waals surface area contributed by atoms with E-state index in [2.05, 4.69) is 0 Å². The number of primary amides is 1. The SMILES string of the molecule is CC[C@H](Oc1ccccc1)C(=O)O[C@H](C)C(N)=O. The van der Waals surface area contributed by atoms with Crippen LogP contribution in [0.2, 0.25) is 0 Å². The summed E-state index contributed by atoms with van der Waals surface area (Å²) < 4.78 is 10.4. The van der Waals surface area contributed by atoms with Crippen LogP contribution in [0.15, 0.2) is 30.3 Å². The van der Waals surface area contributed by atoms with Gasteiger partial charge in [0.25, 0.3) is 5.91 Å². The van der Waals surface area contributed by atoms with Crippen LogP contribution in [0.25, 0.3) is 0 Å². The number of benzene rings is 1. The van der Waals surface area contributed by atoms with Crippen molar-refractivity contribution >= 4 is 11.9 Å². The zero-order chi connectivity index (χ0) is 13.5. The van der Waals surface area contributed by atoms with Crippen molar-refractivity contribution in [3.8, 4) is 5.75 Å².